The van der Waals surface area contributed by atoms with Crippen LogP contribution in [0.5, 0.6) is 0 Å². The van der Waals surface area contributed by atoms with Crippen molar-refractivity contribution in [2.24, 2.45) is 7.05 Å². The Hall–Kier alpha value is -1.69. The highest BCUT2D eigenvalue weighted by Crippen LogP contribution is 2.06. The molecule has 14 heavy (non-hydrogen) atoms. The first-order valence-corrected chi connectivity index (χ1v) is 4.34. The van der Waals surface area contributed by atoms with Crippen LogP contribution >= 0.6 is 0 Å². The van der Waals surface area contributed by atoms with Crippen LogP contribution in [0.15, 0.2) is 18.6 Å². The predicted molar refractivity (Wildman–Crippen MR) is 50.9 cm³/mol. The van der Waals surface area contributed by atoms with E-state index in [1.54, 1.807) is 21.8 Å². The van der Waals surface area contributed by atoms with E-state index in [1.807, 2.05) is 20.3 Å². The van der Waals surface area contributed by atoms with E-state index < -0.39 is 0 Å². The Morgan fingerprint density at radius 2 is 2.29 bits per heavy atom. The first-order valence-electron chi connectivity index (χ1n) is 4.34. The Morgan fingerprint density at radius 1 is 1.43 bits per heavy atom. The molecule has 0 atom stereocenters. The zero-order chi connectivity index (χ0) is 9.97. The molecule has 6 heteroatoms. The van der Waals surface area contributed by atoms with E-state index in [2.05, 4.69) is 20.7 Å². The summed E-state index contributed by atoms with van der Waals surface area (Å²) in [6.07, 6.45) is 5.39. The standard InChI is InChI=1S/C8H12N6/c1-9-3-7-4-10-12-14(7)8-5-11-13(2)6-8/h4-6,9H,3H2,1-2H3. The highest BCUT2D eigenvalue weighted by molar-refractivity contribution is 5.25. The minimum absolute atomic E-state index is 0.738. The summed E-state index contributed by atoms with van der Waals surface area (Å²) in [6, 6.07) is 0. The fraction of sp³-hybridized carbons (Fsp3) is 0.375. The van der Waals surface area contributed by atoms with E-state index in [0.29, 0.717) is 0 Å². The van der Waals surface area contributed by atoms with Gasteiger partial charge in [0, 0.05) is 13.6 Å². The Morgan fingerprint density at radius 3 is 2.93 bits per heavy atom. The quantitative estimate of drug-likeness (QED) is 0.726. The fourth-order valence-corrected chi connectivity index (χ4v) is 1.29. The molecule has 0 saturated carbocycles. The van der Waals surface area contributed by atoms with Crippen molar-refractivity contribution in [3.63, 3.8) is 0 Å². The second-order valence-corrected chi connectivity index (χ2v) is 3.04. The Bertz CT molecular complexity index is 415. The van der Waals surface area contributed by atoms with E-state index in [4.69, 9.17) is 0 Å². The molecule has 0 aliphatic rings. The van der Waals surface area contributed by atoms with Crippen LogP contribution in [0.4, 0.5) is 0 Å². The summed E-state index contributed by atoms with van der Waals surface area (Å²) in [5.74, 6) is 0. The summed E-state index contributed by atoms with van der Waals surface area (Å²) in [7, 11) is 3.76. The largest absolute Gasteiger partial charge is 0.314 e. The van der Waals surface area contributed by atoms with Gasteiger partial charge in [-0.05, 0) is 7.05 Å². The van der Waals surface area contributed by atoms with Crippen molar-refractivity contribution in [1.82, 2.24) is 30.1 Å². The van der Waals surface area contributed by atoms with Crippen LogP contribution in [-0.4, -0.2) is 31.8 Å². The lowest BCUT2D eigenvalue weighted by atomic mass is 10.4. The van der Waals surface area contributed by atoms with Crippen molar-refractivity contribution in [3.05, 3.63) is 24.3 Å². The molecule has 74 valence electrons. The molecule has 0 saturated heterocycles. The number of nitrogens with zero attached hydrogens (tertiary/aromatic N) is 5. The van der Waals surface area contributed by atoms with Crippen LogP contribution in [0.1, 0.15) is 5.69 Å². The molecule has 0 fully saturated rings. The second-order valence-electron chi connectivity index (χ2n) is 3.04. The molecule has 0 spiro atoms. The maximum atomic E-state index is 4.08. The van der Waals surface area contributed by atoms with Crippen molar-refractivity contribution in [2.45, 2.75) is 6.54 Å². The molecule has 0 amide bonds. The smallest absolute Gasteiger partial charge is 0.105 e. The number of hydrogen-bond acceptors (Lipinski definition) is 4. The van der Waals surface area contributed by atoms with Gasteiger partial charge in [-0.15, -0.1) is 5.10 Å². The SMILES string of the molecule is CNCc1cnnn1-c1cnn(C)c1. The van der Waals surface area contributed by atoms with Gasteiger partial charge < -0.3 is 5.32 Å². The molecule has 1 N–H and O–H groups in total. The molecule has 2 aromatic heterocycles. The number of nitrogens with one attached hydrogen (secondary N) is 1. The third-order valence-corrected chi connectivity index (χ3v) is 1.91. The molecule has 0 aliphatic heterocycles. The highest BCUT2D eigenvalue weighted by atomic mass is 15.4. The van der Waals surface area contributed by atoms with Gasteiger partial charge in [-0.1, -0.05) is 5.21 Å². The highest BCUT2D eigenvalue weighted by Gasteiger charge is 2.06. The van der Waals surface area contributed by atoms with Crippen molar-refractivity contribution in [1.29, 1.82) is 0 Å². The Labute approximate surface area is 81.5 Å². The average molecular weight is 192 g/mol. The minimum atomic E-state index is 0.738. The van der Waals surface area contributed by atoms with Crippen LogP contribution in [0.25, 0.3) is 5.69 Å². The molecule has 2 heterocycles. The van der Waals surface area contributed by atoms with Gasteiger partial charge in [-0.3, -0.25) is 4.68 Å². The summed E-state index contributed by atoms with van der Waals surface area (Å²) < 4.78 is 3.50. The monoisotopic (exact) mass is 192 g/mol. The molecule has 2 aromatic rings. The third-order valence-electron chi connectivity index (χ3n) is 1.91. The predicted octanol–water partition coefficient (Wildman–Crippen LogP) is -0.280. The molecule has 0 bridgehead atoms. The molecule has 0 unspecified atom stereocenters. The second kappa shape index (κ2) is 3.59. The first kappa shape index (κ1) is 8.89. The zero-order valence-electron chi connectivity index (χ0n) is 8.18. The van der Waals surface area contributed by atoms with Crippen LogP contribution in [-0.2, 0) is 13.6 Å². The lowest BCUT2D eigenvalue weighted by molar-refractivity contribution is 0.712. The summed E-state index contributed by atoms with van der Waals surface area (Å²) in [5, 5.41) is 15.0. The molecule has 0 radical (unpaired) electrons. The minimum Gasteiger partial charge on any atom is -0.314 e. The molecule has 0 aromatic carbocycles. The number of aromatic nitrogens is 5. The maximum Gasteiger partial charge on any atom is 0.105 e. The van der Waals surface area contributed by atoms with Gasteiger partial charge in [0.05, 0.1) is 24.3 Å². The van der Waals surface area contributed by atoms with E-state index >= 15 is 0 Å². The van der Waals surface area contributed by atoms with Gasteiger partial charge in [0.2, 0.25) is 0 Å². The number of rotatable bonds is 3. The van der Waals surface area contributed by atoms with Gasteiger partial charge in [0.25, 0.3) is 0 Å². The molecule has 0 aliphatic carbocycles. The van der Waals surface area contributed by atoms with Crippen LogP contribution < -0.4 is 5.32 Å². The average Bonchev–Trinajstić information content (AvgIpc) is 2.74. The van der Waals surface area contributed by atoms with Gasteiger partial charge in [-0.2, -0.15) is 5.10 Å². The maximum absolute atomic E-state index is 4.08. The summed E-state index contributed by atoms with van der Waals surface area (Å²) in [4.78, 5) is 0. The normalized spacial score (nSPS) is 10.7. The summed E-state index contributed by atoms with van der Waals surface area (Å²) in [5.41, 5.74) is 1.94. The number of aryl methyl sites for hydroxylation is 1. The number of hydrogen-bond donors (Lipinski definition) is 1. The van der Waals surface area contributed by atoms with Gasteiger partial charge >= 0.3 is 0 Å². The Kier molecular flexibility index (Phi) is 2.28. The lowest BCUT2D eigenvalue weighted by Gasteiger charge is -2.01. The fourth-order valence-electron chi connectivity index (χ4n) is 1.29. The van der Waals surface area contributed by atoms with E-state index in [-0.39, 0.29) is 0 Å². The molecular weight excluding hydrogens is 180 g/mol. The van der Waals surface area contributed by atoms with Crippen molar-refractivity contribution in [2.75, 3.05) is 7.05 Å². The molecule has 6 nitrogen and oxygen atoms in total. The van der Waals surface area contributed by atoms with E-state index in [1.165, 1.54) is 0 Å². The summed E-state index contributed by atoms with van der Waals surface area (Å²) >= 11 is 0. The topological polar surface area (TPSA) is 60.6 Å². The van der Waals surface area contributed by atoms with Crippen LogP contribution in [0.3, 0.4) is 0 Å². The van der Waals surface area contributed by atoms with E-state index in [9.17, 15) is 0 Å². The van der Waals surface area contributed by atoms with E-state index in [0.717, 1.165) is 17.9 Å². The lowest BCUT2D eigenvalue weighted by Crippen LogP contribution is -2.10. The third kappa shape index (κ3) is 1.51. The Balaban J connectivity index is 2.36. The van der Waals surface area contributed by atoms with Crippen molar-refractivity contribution < 1.29 is 0 Å². The molecular formula is C8H12N6. The zero-order valence-corrected chi connectivity index (χ0v) is 8.18. The first-order chi connectivity index (χ1) is 6.81. The van der Waals surface area contributed by atoms with Crippen molar-refractivity contribution in [3.8, 4) is 5.69 Å². The van der Waals surface area contributed by atoms with Gasteiger partial charge in [0.15, 0.2) is 0 Å². The van der Waals surface area contributed by atoms with Crippen molar-refractivity contribution >= 4 is 0 Å². The van der Waals surface area contributed by atoms with Crippen LogP contribution in [0, 0.1) is 0 Å². The van der Waals surface area contributed by atoms with Crippen LogP contribution in [0.2, 0.25) is 0 Å². The summed E-state index contributed by atoms with van der Waals surface area (Å²) in [6.45, 7) is 0.738. The van der Waals surface area contributed by atoms with Gasteiger partial charge in [0.1, 0.15) is 5.69 Å². The van der Waals surface area contributed by atoms with Gasteiger partial charge in [-0.25, -0.2) is 4.68 Å². The molecule has 2 rings (SSSR count).